The largest absolute Gasteiger partial charge is 0.337 e. The Labute approximate surface area is 144 Å². The van der Waals surface area contributed by atoms with E-state index in [1.807, 2.05) is 0 Å². The molecule has 122 valence electrons. The Morgan fingerprint density at radius 2 is 1.96 bits per heavy atom. The molecule has 1 fully saturated rings. The van der Waals surface area contributed by atoms with Crippen LogP contribution in [0.25, 0.3) is 6.08 Å². The molecule has 1 saturated heterocycles. The molecule has 0 unspecified atom stereocenters. The average Bonchev–Trinajstić information content (AvgIpc) is 2.71. The lowest BCUT2D eigenvalue weighted by atomic mass is 10.2. The van der Waals surface area contributed by atoms with E-state index in [2.05, 4.69) is 0 Å². The third-order valence-electron chi connectivity index (χ3n) is 3.56. The minimum atomic E-state index is -0.183. The van der Waals surface area contributed by atoms with Gasteiger partial charge in [-0.3, -0.25) is 9.59 Å². The van der Waals surface area contributed by atoms with Crippen molar-refractivity contribution in [3.63, 3.8) is 0 Å². The number of rotatable bonds is 4. The number of amides is 2. The second-order valence-corrected chi connectivity index (χ2v) is 5.90. The molecule has 0 atom stereocenters. The van der Waals surface area contributed by atoms with Crippen molar-refractivity contribution in [1.82, 2.24) is 9.80 Å². The van der Waals surface area contributed by atoms with Gasteiger partial charge in [-0.2, -0.15) is 0 Å². The third kappa shape index (κ3) is 4.81. The van der Waals surface area contributed by atoms with Gasteiger partial charge in [-0.25, -0.2) is 0 Å². The lowest BCUT2D eigenvalue weighted by Crippen LogP contribution is -2.36. The van der Waals surface area contributed by atoms with Gasteiger partial charge in [0.15, 0.2) is 0 Å². The van der Waals surface area contributed by atoms with Crippen LogP contribution in [0, 0.1) is 0 Å². The Bertz CT molecular complexity index is 646. The van der Waals surface area contributed by atoms with Crippen molar-refractivity contribution in [2.24, 2.45) is 0 Å². The van der Waals surface area contributed by atoms with Crippen molar-refractivity contribution >= 4 is 47.4 Å². The predicted octanol–water partition coefficient (Wildman–Crippen LogP) is 2.27. The lowest BCUT2D eigenvalue weighted by molar-refractivity contribution is -0.132. The zero-order valence-corrected chi connectivity index (χ0v) is 13.9. The van der Waals surface area contributed by atoms with E-state index >= 15 is 0 Å². The summed E-state index contributed by atoms with van der Waals surface area (Å²) >= 11 is 11.8. The second kappa shape index (κ2) is 8.13. The van der Waals surface area contributed by atoms with Crippen LogP contribution in [0.15, 0.2) is 24.3 Å². The Kier molecular flexibility index (Phi) is 6.19. The first-order chi connectivity index (χ1) is 11.0. The van der Waals surface area contributed by atoms with Crippen LogP contribution in [0.1, 0.15) is 12.0 Å². The van der Waals surface area contributed by atoms with Crippen LogP contribution in [0.5, 0.6) is 0 Å². The van der Waals surface area contributed by atoms with Crippen molar-refractivity contribution < 1.29 is 14.4 Å². The highest BCUT2D eigenvalue weighted by molar-refractivity contribution is 6.42. The highest BCUT2D eigenvalue weighted by Gasteiger charge is 2.22. The zero-order valence-electron chi connectivity index (χ0n) is 12.4. The van der Waals surface area contributed by atoms with Crippen LogP contribution in [-0.2, 0) is 14.4 Å². The molecule has 23 heavy (non-hydrogen) atoms. The summed E-state index contributed by atoms with van der Waals surface area (Å²) in [6.45, 7) is 1.19. The van der Waals surface area contributed by atoms with Crippen LogP contribution in [0.3, 0.4) is 0 Å². The molecular weight excluding hydrogens is 339 g/mol. The van der Waals surface area contributed by atoms with Gasteiger partial charge < -0.3 is 14.6 Å². The Morgan fingerprint density at radius 3 is 2.65 bits per heavy atom. The maximum atomic E-state index is 12.2. The third-order valence-corrected chi connectivity index (χ3v) is 4.30. The molecule has 1 aromatic rings. The fraction of sp³-hybridized carbons (Fsp3) is 0.312. The van der Waals surface area contributed by atoms with Gasteiger partial charge >= 0.3 is 0 Å². The number of hydrogen-bond donors (Lipinski definition) is 0. The Morgan fingerprint density at radius 1 is 1.17 bits per heavy atom. The predicted molar refractivity (Wildman–Crippen MR) is 89.3 cm³/mol. The quantitative estimate of drug-likeness (QED) is 0.615. The zero-order chi connectivity index (χ0) is 16.8. The van der Waals surface area contributed by atoms with Crippen molar-refractivity contribution in [3.05, 3.63) is 39.9 Å². The molecule has 5 nitrogen and oxygen atoms in total. The monoisotopic (exact) mass is 354 g/mol. The van der Waals surface area contributed by atoms with Gasteiger partial charge in [-0.05, 0) is 23.8 Å². The average molecular weight is 355 g/mol. The molecule has 1 aliphatic heterocycles. The number of halogens is 2. The number of aldehydes is 1. The highest BCUT2D eigenvalue weighted by atomic mass is 35.5. The summed E-state index contributed by atoms with van der Waals surface area (Å²) in [5.41, 5.74) is 0.765. The first-order valence-corrected chi connectivity index (χ1v) is 7.90. The van der Waals surface area contributed by atoms with E-state index in [0.717, 1.165) is 5.56 Å². The van der Waals surface area contributed by atoms with Crippen molar-refractivity contribution in [2.75, 3.05) is 26.2 Å². The smallest absolute Gasteiger partial charge is 0.246 e. The van der Waals surface area contributed by atoms with E-state index in [0.29, 0.717) is 36.0 Å². The minimum absolute atomic E-state index is 0.0694. The van der Waals surface area contributed by atoms with Gasteiger partial charge in [-0.15, -0.1) is 0 Å². The van der Waals surface area contributed by atoms with E-state index in [-0.39, 0.29) is 24.8 Å². The van der Waals surface area contributed by atoms with Gasteiger partial charge in [0.1, 0.15) is 6.29 Å². The van der Waals surface area contributed by atoms with Gasteiger partial charge in [0.25, 0.3) is 0 Å². The minimum Gasteiger partial charge on any atom is -0.337 e. The van der Waals surface area contributed by atoms with Gasteiger partial charge in [0.05, 0.1) is 16.6 Å². The highest BCUT2D eigenvalue weighted by Crippen LogP contribution is 2.23. The van der Waals surface area contributed by atoms with Gasteiger partial charge in [0, 0.05) is 32.1 Å². The summed E-state index contributed by atoms with van der Waals surface area (Å²) in [5, 5.41) is 0.877. The summed E-state index contributed by atoms with van der Waals surface area (Å²) in [4.78, 5) is 37.6. The van der Waals surface area contributed by atoms with Gasteiger partial charge in [-0.1, -0.05) is 29.3 Å². The summed E-state index contributed by atoms with van der Waals surface area (Å²) in [6, 6.07) is 5.09. The summed E-state index contributed by atoms with van der Waals surface area (Å²) in [7, 11) is 0. The van der Waals surface area contributed by atoms with E-state index in [1.54, 1.807) is 29.2 Å². The SMILES string of the molecule is O=CCN1CCN(C(=O)/C=C/c2ccc(Cl)c(Cl)c2)CCC1=O. The Balaban J connectivity index is 2.00. The van der Waals surface area contributed by atoms with E-state index in [1.165, 1.54) is 11.0 Å². The molecular formula is C16H16Cl2N2O3. The number of hydrogen-bond acceptors (Lipinski definition) is 3. The van der Waals surface area contributed by atoms with E-state index in [4.69, 9.17) is 23.2 Å². The summed E-state index contributed by atoms with van der Waals surface area (Å²) in [5.74, 6) is -0.294. The van der Waals surface area contributed by atoms with Crippen molar-refractivity contribution in [1.29, 1.82) is 0 Å². The number of carbonyl (C=O) groups is 3. The topological polar surface area (TPSA) is 57.7 Å². The molecule has 0 spiro atoms. The molecule has 1 aromatic carbocycles. The number of carbonyl (C=O) groups excluding carboxylic acids is 3. The molecule has 1 aliphatic rings. The van der Waals surface area contributed by atoms with Crippen LogP contribution in [-0.4, -0.2) is 54.1 Å². The van der Waals surface area contributed by atoms with Crippen LogP contribution >= 0.6 is 23.2 Å². The van der Waals surface area contributed by atoms with Gasteiger partial charge in [0.2, 0.25) is 11.8 Å². The summed E-state index contributed by atoms with van der Waals surface area (Å²) < 4.78 is 0. The summed E-state index contributed by atoms with van der Waals surface area (Å²) in [6.07, 6.45) is 4.01. The molecule has 2 amide bonds. The molecule has 7 heteroatoms. The first-order valence-electron chi connectivity index (χ1n) is 7.14. The maximum Gasteiger partial charge on any atom is 0.246 e. The molecule has 0 aliphatic carbocycles. The fourth-order valence-corrected chi connectivity index (χ4v) is 2.57. The fourth-order valence-electron chi connectivity index (χ4n) is 2.26. The van der Waals surface area contributed by atoms with Crippen LogP contribution in [0.4, 0.5) is 0 Å². The molecule has 0 bridgehead atoms. The normalized spacial score (nSPS) is 15.8. The van der Waals surface area contributed by atoms with Crippen LogP contribution in [0.2, 0.25) is 10.0 Å². The number of nitrogens with zero attached hydrogens (tertiary/aromatic N) is 2. The standard InChI is InChI=1S/C16H16Cl2N2O3/c17-13-3-1-12(11-14(13)18)2-4-15(22)19-6-5-16(23)20(8-7-19)9-10-21/h1-4,10-11H,5-9H2/b4-2+. The molecule has 0 N–H and O–H groups in total. The van der Waals surface area contributed by atoms with Crippen LogP contribution < -0.4 is 0 Å². The molecule has 2 rings (SSSR count). The molecule has 1 heterocycles. The van der Waals surface area contributed by atoms with E-state index < -0.39 is 0 Å². The molecule has 0 aromatic heterocycles. The van der Waals surface area contributed by atoms with Crippen molar-refractivity contribution in [3.8, 4) is 0 Å². The number of benzene rings is 1. The molecule has 0 saturated carbocycles. The van der Waals surface area contributed by atoms with E-state index in [9.17, 15) is 14.4 Å². The van der Waals surface area contributed by atoms with Crippen molar-refractivity contribution in [2.45, 2.75) is 6.42 Å². The maximum absolute atomic E-state index is 12.2. The molecule has 0 radical (unpaired) electrons. The second-order valence-electron chi connectivity index (χ2n) is 5.09. The lowest BCUT2D eigenvalue weighted by Gasteiger charge is -2.19. The first kappa shape index (κ1) is 17.5. The Hall–Kier alpha value is -1.85.